The van der Waals surface area contributed by atoms with Crippen molar-refractivity contribution in [1.29, 1.82) is 0 Å². The maximum absolute atomic E-state index is 12.8. The second-order valence-electron chi connectivity index (χ2n) is 6.50. The molecule has 0 aliphatic rings. The van der Waals surface area contributed by atoms with E-state index in [4.69, 9.17) is 0 Å². The molecule has 1 aromatic heterocycles. The van der Waals surface area contributed by atoms with E-state index in [-0.39, 0.29) is 30.1 Å². The Kier molecular flexibility index (Phi) is 6.54. The average Bonchev–Trinajstić information content (AvgIpc) is 2.76. The Morgan fingerprint density at radius 2 is 1.52 bits per heavy atom. The molecule has 0 saturated carbocycles. The molecule has 0 aliphatic heterocycles. The number of amides is 2. The third kappa shape index (κ3) is 5.39. The van der Waals surface area contributed by atoms with Gasteiger partial charge in [0.1, 0.15) is 5.75 Å². The van der Waals surface area contributed by atoms with E-state index in [1.54, 1.807) is 24.3 Å². The molecule has 3 rings (SSSR count). The van der Waals surface area contributed by atoms with Gasteiger partial charge in [-0.25, -0.2) is 4.98 Å². The molecule has 0 unspecified atom stereocenters. The first-order chi connectivity index (χ1) is 14.8. The van der Waals surface area contributed by atoms with E-state index in [1.165, 1.54) is 30.5 Å². The minimum Gasteiger partial charge on any atom is -0.505 e. The Hall–Kier alpha value is -3.88. The molecule has 0 saturated heterocycles. The molecular weight excluding hydrogens is 411 g/mol. The summed E-state index contributed by atoms with van der Waals surface area (Å²) in [6, 6.07) is 13.9. The molecule has 3 N–H and O–H groups in total. The molecule has 9 heteroatoms. The number of alkyl halides is 3. The normalized spacial score (nSPS) is 11.1. The molecule has 0 aliphatic carbocycles. The van der Waals surface area contributed by atoms with Gasteiger partial charge in [0.05, 0.1) is 5.56 Å². The van der Waals surface area contributed by atoms with Gasteiger partial charge in [0.25, 0.3) is 11.8 Å². The fourth-order valence-electron chi connectivity index (χ4n) is 2.87. The lowest BCUT2D eigenvalue weighted by molar-refractivity contribution is -0.137. The van der Waals surface area contributed by atoms with Crippen LogP contribution in [0, 0.1) is 0 Å². The highest BCUT2D eigenvalue weighted by Crippen LogP contribution is 2.31. The molecule has 0 bridgehead atoms. The quantitative estimate of drug-likeness (QED) is 0.522. The Morgan fingerprint density at radius 3 is 2.16 bits per heavy atom. The zero-order valence-electron chi connectivity index (χ0n) is 16.1. The zero-order valence-corrected chi connectivity index (χ0v) is 16.1. The van der Waals surface area contributed by atoms with Crippen LogP contribution in [-0.4, -0.2) is 35.0 Å². The zero-order chi connectivity index (χ0) is 22.4. The monoisotopic (exact) mass is 429 g/mol. The third-order valence-corrected chi connectivity index (χ3v) is 4.39. The van der Waals surface area contributed by atoms with Crippen LogP contribution >= 0.6 is 0 Å². The summed E-state index contributed by atoms with van der Waals surface area (Å²) in [5.74, 6) is -1.28. The van der Waals surface area contributed by atoms with Crippen LogP contribution in [0.5, 0.6) is 5.75 Å². The van der Waals surface area contributed by atoms with Crippen molar-refractivity contribution in [3.63, 3.8) is 0 Å². The van der Waals surface area contributed by atoms with Gasteiger partial charge in [-0.2, -0.15) is 13.2 Å². The number of rotatable bonds is 6. The van der Waals surface area contributed by atoms with Crippen molar-refractivity contribution in [2.45, 2.75) is 6.18 Å². The van der Waals surface area contributed by atoms with Crippen LogP contribution in [0.1, 0.15) is 26.4 Å². The van der Waals surface area contributed by atoms with Gasteiger partial charge in [-0.1, -0.05) is 30.3 Å². The van der Waals surface area contributed by atoms with E-state index >= 15 is 0 Å². The molecule has 6 nitrogen and oxygen atoms in total. The number of hydrogen-bond acceptors (Lipinski definition) is 4. The summed E-state index contributed by atoms with van der Waals surface area (Å²) in [5, 5.41) is 14.8. The smallest absolute Gasteiger partial charge is 0.416 e. The molecule has 31 heavy (non-hydrogen) atoms. The van der Waals surface area contributed by atoms with Gasteiger partial charge in [-0.05, 0) is 41.5 Å². The Morgan fingerprint density at radius 1 is 0.871 bits per heavy atom. The van der Waals surface area contributed by atoms with Crippen molar-refractivity contribution in [1.82, 2.24) is 15.6 Å². The number of benzene rings is 2. The van der Waals surface area contributed by atoms with Gasteiger partial charge in [0, 0.05) is 24.8 Å². The molecule has 3 aromatic rings. The number of aromatic nitrogens is 1. The molecule has 2 amide bonds. The molecule has 0 radical (unpaired) electrons. The largest absolute Gasteiger partial charge is 0.505 e. The highest BCUT2D eigenvalue weighted by atomic mass is 19.4. The SMILES string of the molecule is O=C(NCCNC(=O)c1ncccc1O)c1ccccc1-c1ccc(C(F)(F)F)cc1. The van der Waals surface area contributed by atoms with Crippen molar-refractivity contribution >= 4 is 11.8 Å². The second kappa shape index (κ2) is 9.29. The van der Waals surface area contributed by atoms with Crippen LogP contribution < -0.4 is 10.6 Å². The highest BCUT2D eigenvalue weighted by molar-refractivity contribution is 6.01. The summed E-state index contributed by atoms with van der Waals surface area (Å²) in [6.07, 6.45) is -3.07. The van der Waals surface area contributed by atoms with Crippen LogP contribution in [0.2, 0.25) is 0 Å². The summed E-state index contributed by atoms with van der Waals surface area (Å²) in [6.45, 7) is 0.183. The number of halogens is 3. The first-order valence-corrected chi connectivity index (χ1v) is 9.24. The number of pyridine rings is 1. The van der Waals surface area contributed by atoms with E-state index in [2.05, 4.69) is 15.6 Å². The number of nitrogens with one attached hydrogen (secondary N) is 2. The molecule has 0 spiro atoms. The summed E-state index contributed by atoms with van der Waals surface area (Å²) in [5.41, 5.74) is 0.346. The van der Waals surface area contributed by atoms with E-state index in [0.29, 0.717) is 11.1 Å². The molecular formula is C22H18F3N3O3. The highest BCUT2D eigenvalue weighted by Gasteiger charge is 2.30. The summed E-state index contributed by atoms with van der Waals surface area (Å²) in [7, 11) is 0. The number of carbonyl (C=O) groups excluding carboxylic acids is 2. The van der Waals surface area contributed by atoms with Crippen LogP contribution in [-0.2, 0) is 6.18 Å². The summed E-state index contributed by atoms with van der Waals surface area (Å²) in [4.78, 5) is 28.4. The lowest BCUT2D eigenvalue weighted by Gasteiger charge is -2.12. The van der Waals surface area contributed by atoms with Gasteiger partial charge in [0.2, 0.25) is 0 Å². The van der Waals surface area contributed by atoms with Crippen molar-refractivity contribution in [2.75, 3.05) is 13.1 Å². The van der Waals surface area contributed by atoms with Crippen LogP contribution in [0.3, 0.4) is 0 Å². The second-order valence-corrected chi connectivity index (χ2v) is 6.50. The molecule has 2 aromatic carbocycles. The van der Waals surface area contributed by atoms with E-state index in [9.17, 15) is 27.9 Å². The van der Waals surface area contributed by atoms with Crippen LogP contribution in [0.25, 0.3) is 11.1 Å². The maximum Gasteiger partial charge on any atom is 0.416 e. The Bertz CT molecular complexity index is 1080. The predicted octanol–water partition coefficient (Wildman–Crippen LogP) is 3.63. The van der Waals surface area contributed by atoms with Crippen molar-refractivity contribution in [3.8, 4) is 16.9 Å². The van der Waals surface area contributed by atoms with Gasteiger partial charge < -0.3 is 15.7 Å². The van der Waals surface area contributed by atoms with Crippen molar-refractivity contribution < 1.29 is 27.9 Å². The summed E-state index contributed by atoms with van der Waals surface area (Å²) < 4.78 is 38.3. The molecule has 0 atom stereocenters. The van der Waals surface area contributed by atoms with Gasteiger partial charge in [-0.3, -0.25) is 9.59 Å². The Balaban J connectivity index is 1.63. The van der Waals surface area contributed by atoms with E-state index in [1.807, 2.05) is 0 Å². The first-order valence-electron chi connectivity index (χ1n) is 9.24. The van der Waals surface area contributed by atoms with Crippen LogP contribution in [0.15, 0.2) is 66.9 Å². The topological polar surface area (TPSA) is 91.3 Å². The molecule has 160 valence electrons. The van der Waals surface area contributed by atoms with Gasteiger partial charge >= 0.3 is 6.18 Å². The number of aromatic hydroxyl groups is 1. The van der Waals surface area contributed by atoms with Crippen molar-refractivity contribution in [3.05, 3.63) is 83.7 Å². The van der Waals surface area contributed by atoms with Crippen LogP contribution in [0.4, 0.5) is 13.2 Å². The lowest BCUT2D eigenvalue weighted by Crippen LogP contribution is -2.35. The number of carbonyl (C=O) groups is 2. The minimum atomic E-state index is -4.44. The lowest BCUT2D eigenvalue weighted by atomic mass is 9.98. The van der Waals surface area contributed by atoms with Crippen molar-refractivity contribution in [2.24, 2.45) is 0 Å². The van der Waals surface area contributed by atoms with E-state index < -0.39 is 23.6 Å². The number of nitrogens with zero attached hydrogens (tertiary/aromatic N) is 1. The molecule has 0 fully saturated rings. The Labute approximate surface area is 175 Å². The fourth-order valence-corrected chi connectivity index (χ4v) is 2.87. The predicted molar refractivity (Wildman–Crippen MR) is 107 cm³/mol. The fraction of sp³-hybridized carbons (Fsp3) is 0.136. The third-order valence-electron chi connectivity index (χ3n) is 4.39. The average molecular weight is 429 g/mol. The standard InChI is InChI=1S/C22H18F3N3O3/c23-22(24,25)15-9-7-14(8-10-15)16-4-1-2-5-17(16)20(30)27-12-13-28-21(31)19-18(29)6-3-11-26-19/h1-11,29H,12-13H2,(H,27,30)(H,28,31). The minimum absolute atomic E-state index is 0.0863. The van der Waals surface area contributed by atoms with E-state index in [0.717, 1.165) is 12.1 Å². The molecule has 1 heterocycles. The number of hydrogen-bond donors (Lipinski definition) is 3. The maximum atomic E-state index is 12.8. The summed E-state index contributed by atoms with van der Waals surface area (Å²) >= 11 is 0. The first kappa shape index (κ1) is 21.8. The van der Waals surface area contributed by atoms with Gasteiger partial charge in [0.15, 0.2) is 5.69 Å². The van der Waals surface area contributed by atoms with Gasteiger partial charge in [-0.15, -0.1) is 0 Å².